The molecule has 7 nitrogen and oxygen atoms in total. The summed E-state index contributed by atoms with van der Waals surface area (Å²) in [4.78, 5) is 14.5. The molecule has 0 bridgehead atoms. The smallest absolute Gasteiger partial charge is 0.226 e. The van der Waals surface area contributed by atoms with Crippen molar-refractivity contribution in [3.8, 4) is 0 Å². The highest BCUT2D eigenvalue weighted by Gasteiger charge is 2.25. The molecule has 1 unspecified atom stereocenters. The molecule has 2 aromatic rings. The van der Waals surface area contributed by atoms with Gasteiger partial charge in [0.15, 0.2) is 5.82 Å². The maximum absolute atomic E-state index is 12.1. The molecular formula is C17H25N5O2. The van der Waals surface area contributed by atoms with Crippen molar-refractivity contribution in [2.24, 2.45) is 0 Å². The fraction of sp³-hybridized carbons (Fsp3) is 0.588. The first-order valence-electron chi connectivity index (χ1n) is 8.49. The molecule has 1 amide bonds. The highest BCUT2D eigenvalue weighted by atomic mass is 16.5. The van der Waals surface area contributed by atoms with Gasteiger partial charge in [-0.05, 0) is 46.2 Å². The minimum Gasteiger partial charge on any atom is -0.360 e. The van der Waals surface area contributed by atoms with Gasteiger partial charge >= 0.3 is 0 Å². The van der Waals surface area contributed by atoms with Gasteiger partial charge in [-0.2, -0.15) is 5.10 Å². The quantitative estimate of drug-likeness (QED) is 0.879. The van der Waals surface area contributed by atoms with Gasteiger partial charge < -0.3 is 9.84 Å². The molecule has 1 atom stereocenters. The van der Waals surface area contributed by atoms with Crippen molar-refractivity contribution in [2.45, 2.75) is 52.6 Å². The summed E-state index contributed by atoms with van der Waals surface area (Å²) in [5, 5.41) is 11.1. The number of aromatic nitrogens is 3. The second kappa shape index (κ2) is 7.17. The van der Waals surface area contributed by atoms with Crippen molar-refractivity contribution < 1.29 is 9.32 Å². The van der Waals surface area contributed by atoms with Crippen LogP contribution in [0.2, 0.25) is 0 Å². The Morgan fingerprint density at radius 3 is 2.88 bits per heavy atom. The Morgan fingerprint density at radius 1 is 1.38 bits per heavy atom. The van der Waals surface area contributed by atoms with Gasteiger partial charge in [-0.25, -0.2) is 0 Å². The Hall–Kier alpha value is -2.15. The van der Waals surface area contributed by atoms with Gasteiger partial charge in [0.25, 0.3) is 0 Å². The molecule has 1 aliphatic rings. The Balaban J connectivity index is 1.50. The van der Waals surface area contributed by atoms with E-state index < -0.39 is 0 Å². The third-order valence-corrected chi connectivity index (χ3v) is 4.51. The van der Waals surface area contributed by atoms with Crippen LogP contribution in [0.3, 0.4) is 0 Å². The fourth-order valence-corrected chi connectivity index (χ4v) is 3.33. The highest BCUT2D eigenvalue weighted by molar-refractivity contribution is 5.89. The monoisotopic (exact) mass is 331 g/mol. The number of carbonyl (C=O) groups excluding carboxylic acids is 1. The van der Waals surface area contributed by atoms with Gasteiger partial charge in [0.2, 0.25) is 5.91 Å². The standard InChI is InChI=1S/C17H25N5O2/c1-12-9-13(2)22(19-12)11-15-5-4-7-21(15)8-6-17(23)18-16-10-14(3)24-20-16/h9-10,15H,4-8,11H2,1-3H3,(H,18,20,23). The van der Waals surface area contributed by atoms with Crippen LogP contribution < -0.4 is 5.32 Å². The maximum atomic E-state index is 12.1. The molecule has 3 heterocycles. The molecule has 3 rings (SSSR count). The molecule has 0 aromatic carbocycles. The second-order valence-corrected chi connectivity index (χ2v) is 6.56. The lowest BCUT2D eigenvalue weighted by Gasteiger charge is -2.24. The summed E-state index contributed by atoms with van der Waals surface area (Å²) in [6, 6.07) is 4.27. The molecule has 1 fully saturated rings. The van der Waals surface area contributed by atoms with Crippen molar-refractivity contribution in [3.63, 3.8) is 0 Å². The third-order valence-electron chi connectivity index (χ3n) is 4.51. The number of carbonyl (C=O) groups is 1. The Kier molecular flexibility index (Phi) is 4.99. The Morgan fingerprint density at radius 2 is 2.21 bits per heavy atom. The summed E-state index contributed by atoms with van der Waals surface area (Å²) in [6.45, 7) is 8.60. The summed E-state index contributed by atoms with van der Waals surface area (Å²) >= 11 is 0. The largest absolute Gasteiger partial charge is 0.360 e. The predicted octanol–water partition coefficient (Wildman–Crippen LogP) is 2.29. The summed E-state index contributed by atoms with van der Waals surface area (Å²) in [7, 11) is 0. The third kappa shape index (κ3) is 4.03. The molecule has 0 spiro atoms. The fourth-order valence-electron chi connectivity index (χ4n) is 3.33. The van der Waals surface area contributed by atoms with Crippen LogP contribution in [0.15, 0.2) is 16.7 Å². The first kappa shape index (κ1) is 16.7. The van der Waals surface area contributed by atoms with E-state index in [1.54, 1.807) is 13.0 Å². The van der Waals surface area contributed by atoms with E-state index in [0.717, 1.165) is 31.7 Å². The van der Waals surface area contributed by atoms with Crippen LogP contribution in [-0.4, -0.2) is 44.9 Å². The molecule has 24 heavy (non-hydrogen) atoms. The van der Waals surface area contributed by atoms with E-state index in [4.69, 9.17) is 4.52 Å². The van der Waals surface area contributed by atoms with E-state index in [-0.39, 0.29) is 5.91 Å². The molecule has 130 valence electrons. The zero-order chi connectivity index (χ0) is 17.1. The first-order valence-corrected chi connectivity index (χ1v) is 8.49. The average molecular weight is 331 g/mol. The molecule has 1 aliphatic heterocycles. The van der Waals surface area contributed by atoms with E-state index in [0.29, 0.717) is 24.0 Å². The van der Waals surface area contributed by atoms with E-state index >= 15 is 0 Å². The Bertz CT molecular complexity index is 706. The second-order valence-electron chi connectivity index (χ2n) is 6.56. The van der Waals surface area contributed by atoms with Crippen LogP contribution in [0, 0.1) is 20.8 Å². The molecular weight excluding hydrogens is 306 g/mol. The molecule has 0 aliphatic carbocycles. The topological polar surface area (TPSA) is 76.2 Å². The van der Waals surface area contributed by atoms with E-state index in [2.05, 4.69) is 38.1 Å². The van der Waals surface area contributed by atoms with Crippen molar-refractivity contribution in [3.05, 3.63) is 29.3 Å². The SMILES string of the molecule is Cc1cc(C)n(CC2CCCN2CCC(=O)Nc2cc(C)on2)n1. The van der Waals surface area contributed by atoms with Gasteiger partial charge in [0.05, 0.1) is 12.2 Å². The van der Waals surface area contributed by atoms with E-state index in [9.17, 15) is 4.79 Å². The number of nitrogens with zero attached hydrogens (tertiary/aromatic N) is 4. The highest BCUT2D eigenvalue weighted by Crippen LogP contribution is 2.20. The van der Waals surface area contributed by atoms with Gasteiger partial charge in [-0.15, -0.1) is 0 Å². The maximum Gasteiger partial charge on any atom is 0.226 e. The molecule has 0 radical (unpaired) electrons. The van der Waals surface area contributed by atoms with Crippen molar-refractivity contribution in [2.75, 3.05) is 18.4 Å². The summed E-state index contributed by atoms with van der Waals surface area (Å²) in [6.07, 6.45) is 2.79. The number of hydrogen-bond donors (Lipinski definition) is 1. The molecule has 7 heteroatoms. The van der Waals surface area contributed by atoms with Crippen LogP contribution in [0.4, 0.5) is 5.82 Å². The lowest BCUT2D eigenvalue weighted by atomic mass is 10.2. The molecule has 2 aromatic heterocycles. The first-order chi connectivity index (χ1) is 11.5. The summed E-state index contributed by atoms with van der Waals surface area (Å²) in [5.41, 5.74) is 2.25. The summed E-state index contributed by atoms with van der Waals surface area (Å²) < 4.78 is 7.04. The summed E-state index contributed by atoms with van der Waals surface area (Å²) in [5.74, 6) is 1.15. The molecule has 0 saturated carbocycles. The predicted molar refractivity (Wildman–Crippen MR) is 90.8 cm³/mol. The zero-order valence-electron chi connectivity index (χ0n) is 14.6. The Labute approximate surface area is 142 Å². The van der Waals surface area contributed by atoms with Crippen molar-refractivity contribution in [1.82, 2.24) is 19.8 Å². The number of aryl methyl sites for hydroxylation is 3. The van der Waals surface area contributed by atoms with Gasteiger partial charge in [0, 0.05) is 30.8 Å². The van der Waals surface area contributed by atoms with E-state index in [1.165, 1.54) is 12.1 Å². The normalized spacial score (nSPS) is 18.2. The minimum absolute atomic E-state index is 0.0277. The lowest BCUT2D eigenvalue weighted by Crippen LogP contribution is -2.35. The lowest BCUT2D eigenvalue weighted by molar-refractivity contribution is -0.116. The van der Waals surface area contributed by atoms with Crippen LogP contribution in [0.5, 0.6) is 0 Å². The zero-order valence-corrected chi connectivity index (χ0v) is 14.6. The van der Waals surface area contributed by atoms with Crippen LogP contribution in [0.1, 0.15) is 36.4 Å². The van der Waals surface area contributed by atoms with Gasteiger partial charge in [-0.1, -0.05) is 5.16 Å². The number of likely N-dealkylation sites (tertiary alicyclic amines) is 1. The molecule has 1 saturated heterocycles. The van der Waals surface area contributed by atoms with Crippen molar-refractivity contribution >= 4 is 11.7 Å². The average Bonchev–Trinajstić information content (AvgIpc) is 3.20. The van der Waals surface area contributed by atoms with Crippen LogP contribution in [0.25, 0.3) is 0 Å². The number of hydrogen-bond acceptors (Lipinski definition) is 5. The number of anilines is 1. The number of amides is 1. The van der Waals surface area contributed by atoms with Crippen LogP contribution in [-0.2, 0) is 11.3 Å². The number of nitrogens with one attached hydrogen (secondary N) is 1. The minimum atomic E-state index is -0.0277. The van der Waals surface area contributed by atoms with Crippen molar-refractivity contribution in [1.29, 1.82) is 0 Å². The van der Waals surface area contributed by atoms with Crippen LogP contribution >= 0.6 is 0 Å². The van der Waals surface area contributed by atoms with E-state index in [1.807, 2.05) is 6.92 Å². The number of rotatable bonds is 6. The van der Waals surface area contributed by atoms with Gasteiger partial charge in [0.1, 0.15) is 5.76 Å². The molecule has 1 N–H and O–H groups in total. The van der Waals surface area contributed by atoms with Gasteiger partial charge in [-0.3, -0.25) is 14.4 Å².